The van der Waals surface area contributed by atoms with E-state index in [0.717, 1.165) is 85.4 Å². The third-order valence-corrected chi connectivity index (χ3v) is 8.42. The first-order chi connectivity index (χ1) is 21.4. The van der Waals surface area contributed by atoms with E-state index in [4.69, 9.17) is 9.72 Å². The summed E-state index contributed by atoms with van der Waals surface area (Å²) < 4.78 is 7.48. The van der Waals surface area contributed by atoms with Gasteiger partial charge in [0.05, 0.1) is 30.0 Å². The van der Waals surface area contributed by atoms with Crippen molar-refractivity contribution < 1.29 is 24.9 Å². The van der Waals surface area contributed by atoms with Gasteiger partial charge in [0.15, 0.2) is 5.65 Å². The van der Waals surface area contributed by atoms with Crippen LogP contribution in [-0.2, 0) is 37.3 Å². The van der Waals surface area contributed by atoms with Gasteiger partial charge in [-0.3, -0.25) is 4.79 Å². The van der Waals surface area contributed by atoms with E-state index < -0.39 is 6.10 Å². The molecular weight excluding hydrogens is 558 g/mol. The third kappa shape index (κ3) is 7.20. The van der Waals surface area contributed by atoms with Crippen LogP contribution in [0, 0.1) is 0 Å². The highest BCUT2D eigenvalue weighted by atomic mass is 16.5. The molecule has 1 fully saturated rings. The van der Waals surface area contributed by atoms with E-state index >= 15 is 0 Å². The molecule has 1 saturated heterocycles. The summed E-state index contributed by atoms with van der Waals surface area (Å²) in [6.45, 7) is 6.40. The Morgan fingerprint density at radius 2 is 1.91 bits per heavy atom. The molecule has 1 amide bonds. The molecule has 10 heteroatoms. The fraction of sp³-hybridized carbons (Fsp3) is 0.441. The zero-order valence-corrected chi connectivity index (χ0v) is 25.6. The first-order valence-corrected chi connectivity index (χ1v) is 15.6. The van der Waals surface area contributed by atoms with Crippen molar-refractivity contribution in [3.63, 3.8) is 0 Å². The normalized spacial score (nSPS) is 14.5. The summed E-state index contributed by atoms with van der Waals surface area (Å²) in [5, 5.41) is 42.1. The number of nitrogens with one attached hydrogen (secondary N) is 2. The summed E-state index contributed by atoms with van der Waals surface area (Å²) in [5.41, 5.74) is 6.52. The Kier molecular flexibility index (Phi) is 10.5. The number of aliphatic hydroxyl groups is 2. The van der Waals surface area contributed by atoms with Crippen molar-refractivity contribution in [3.8, 4) is 5.75 Å². The molecule has 1 aliphatic rings. The smallest absolute Gasteiger partial charge is 0.251 e. The van der Waals surface area contributed by atoms with E-state index in [0.29, 0.717) is 29.7 Å². The molecule has 10 nitrogen and oxygen atoms in total. The van der Waals surface area contributed by atoms with E-state index in [1.165, 1.54) is 6.07 Å². The predicted octanol–water partition coefficient (Wildman–Crippen LogP) is 4.79. The van der Waals surface area contributed by atoms with E-state index in [2.05, 4.69) is 29.6 Å². The van der Waals surface area contributed by atoms with Gasteiger partial charge in [0, 0.05) is 54.7 Å². The number of hydrogen-bond acceptors (Lipinski definition) is 8. The van der Waals surface area contributed by atoms with Crippen molar-refractivity contribution >= 4 is 22.6 Å². The molecule has 1 atom stereocenters. The average molecular weight is 602 g/mol. The van der Waals surface area contributed by atoms with Crippen molar-refractivity contribution in [1.82, 2.24) is 20.1 Å². The van der Waals surface area contributed by atoms with Gasteiger partial charge in [-0.2, -0.15) is 5.10 Å². The molecule has 3 heterocycles. The Labute approximate surface area is 258 Å². The number of amides is 1. The number of pyridine rings is 1. The first kappa shape index (κ1) is 31.4. The highest BCUT2D eigenvalue weighted by molar-refractivity contribution is 5.95. The molecule has 2 aromatic heterocycles. The standard InChI is InChI=1S/C34H43N5O5/c1-3-29-27(32(37-26-14-16-44-17-15-26)28-20-36-39(4-2)33(28)38-29)19-35-34(43)23-10-8-22(9-11-23)6-5-7-30(41)24-12-13-31(42)25(18-24)21-40/h8-13,18,20,26,30,40-42H,3-7,14-17,19,21H2,1-2H3,(H,35,43)(H,37,38)/t30-/m0/s1. The number of anilines is 1. The van der Waals surface area contributed by atoms with E-state index in [9.17, 15) is 20.1 Å². The number of aryl methyl sites for hydroxylation is 3. The topological polar surface area (TPSA) is 142 Å². The second kappa shape index (κ2) is 14.7. The second-order valence-corrected chi connectivity index (χ2v) is 11.3. The van der Waals surface area contributed by atoms with Crippen LogP contribution >= 0.6 is 0 Å². The van der Waals surface area contributed by atoms with Crippen molar-refractivity contribution in [2.24, 2.45) is 0 Å². The largest absolute Gasteiger partial charge is 0.508 e. The molecule has 0 radical (unpaired) electrons. The van der Waals surface area contributed by atoms with E-state index in [1.807, 2.05) is 35.1 Å². The van der Waals surface area contributed by atoms with Crippen molar-refractivity contribution in [1.29, 1.82) is 0 Å². The Morgan fingerprint density at radius 1 is 1.14 bits per heavy atom. The summed E-state index contributed by atoms with van der Waals surface area (Å²) in [6.07, 6.45) is 5.80. The highest BCUT2D eigenvalue weighted by Gasteiger charge is 2.22. The number of ether oxygens (including phenoxy) is 1. The number of aromatic hydroxyl groups is 1. The van der Waals surface area contributed by atoms with Gasteiger partial charge in [0.1, 0.15) is 5.75 Å². The van der Waals surface area contributed by atoms with E-state index in [1.54, 1.807) is 12.1 Å². The van der Waals surface area contributed by atoms with Crippen molar-refractivity contribution in [3.05, 3.63) is 82.2 Å². The molecule has 5 rings (SSSR count). The van der Waals surface area contributed by atoms with Crippen LogP contribution < -0.4 is 10.6 Å². The summed E-state index contributed by atoms with van der Waals surface area (Å²) in [5.74, 6) is -0.130. The number of nitrogens with zero attached hydrogens (tertiary/aromatic N) is 3. The zero-order chi connectivity index (χ0) is 31.1. The fourth-order valence-electron chi connectivity index (χ4n) is 5.80. The molecule has 4 aromatic rings. The van der Waals surface area contributed by atoms with Gasteiger partial charge in [0.2, 0.25) is 0 Å². The number of aromatic nitrogens is 3. The maximum absolute atomic E-state index is 13.2. The monoisotopic (exact) mass is 601 g/mol. The van der Waals surface area contributed by atoms with Crippen molar-refractivity contribution in [2.75, 3.05) is 18.5 Å². The number of aliphatic hydroxyl groups excluding tert-OH is 2. The van der Waals surface area contributed by atoms with Gasteiger partial charge in [-0.15, -0.1) is 0 Å². The third-order valence-electron chi connectivity index (χ3n) is 8.42. The number of rotatable bonds is 13. The van der Waals surface area contributed by atoms with Crippen LogP contribution in [0.5, 0.6) is 5.75 Å². The lowest BCUT2D eigenvalue weighted by Gasteiger charge is -2.26. The summed E-state index contributed by atoms with van der Waals surface area (Å²) in [4.78, 5) is 18.2. The minimum atomic E-state index is -0.685. The average Bonchev–Trinajstić information content (AvgIpc) is 3.47. The van der Waals surface area contributed by atoms with Crippen LogP contribution in [-0.4, -0.2) is 55.2 Å². The lowest BCUT2D eigenvalue weighted by molar-refractivity contribution is 0.0904. The van der Waals surface area contributed by atoms with Gasteiger partial charge in [0.25, 0.3) is 5.91 Å². The predicted molar refractivity (Wildman–Crippen MR) is 170 cm³/mol. The van der Waals surface area contributed by atoms with Crippen LogP contribution in [0.2, 0.25) is 0 Å². The molecule has 1 aliphatic heterocycles. The van der Waals surface area contributed by atoms with E-state index in [-0.39, 0.29) is 24.3 Å². The zero-order valence-electron chi connectivity index (χ0n) is 25.6. The molecule has 0 unspecified atom stereocenters. The van der Waals surface area contributed by atoms with Gasteiger partial charge in [-0.25, -0.2) is 9.67 Å². The lowest BCUT2D eigenvalue weighted by Crippen LogP contribution is -2.30. The molecular formula is C34H43N5O5. The van der Waals surface area contributed by atoms with Crippen molar-refractivity contribution in [2.45, 2.75) is 84.2 Å². The number of carbonyl (C=O) groups excluding carboxylic acids is 1. The maximum Gasteiger partial charge on any atom is 0.251 e. The van der Waals surface area contributed by atoms with Crippen LogP contribution in [0.3, 0.4) is 0 Å². The highest BCUT2D eigenvalue weighted by Crippen LogP contribution is 2.31. The Hall–Kier alpha value is -3.99. The second-order valence-electron chi connectivity index (χ2n) is 11.3. The number of phenols is 1. The minimum absolute atomic E-state index is 0.0205. The summed E-state index contributed by atoms with van der Waals surface area (Å²) in [6, 6.07) is 12.7. The van der Waals surface area contributed by atoms with Crippen LogP contribution in [0.25, 0.3) is 11.0 Å². The maximum atomic E-state index is 13.2. The number of carbonyl (C=O) groups is 1. The van der Waals surface area contributed by atoms with Gasteiger partial charge in [-0.1, -0.05) is 25.1 Å². The van der Waals surface area contributed by atoms with Gasteiger partial charge < -0.3 is 30.7 Å². The molecule has 0 saturated carbocycles. The number of fused-ring (bicyclic) bond motifs is 1. The summed E-state index contributed by atoms with van der Waals surface area (Å²) in [7, 11) is 0. The first-order valence-electron chi connectivity index (χ1n) is 15.6. The van der Waals surface area contributed by atoms with Crippen LogP contribution in [0.15, 0.2) is 48.7 Å². The molecule has 44 heavy (non-hydrogen) atoms. The molecule has 5 N–H and O–H groups in total. The summed E-state index contributed by atoms with van der Waals surface area (Å²) >= 11 is 0. The Balaban J connectivity index is 1.23. The molecule has 0 bridgehead atoms. The molecule has 0 spiro atoms. The molecule has 0 aliphatic carbocycles. The van der Waals surface area contributed by atoms with Gasteiger partial charge in [-0.05, 0) is 80.8 Å². The quantitative estimate of drug-likeness (QED) is 0.147. The Bertz CT molecular complexity index is 1560. The Morgan fingerprint density at radius 3 is 2.61 bits per heavy atom. The van der Waals surface area contributed by atoms with Crippen LogP contribution in [0.4, 0.5) is 5.69 Å². The SMILES string of the molecule is CCc1nc2c(cnn2CC)c(NC2CCOCC2)c1CNC(=O)c1ccc(CCC[C@H](O)c2ccc(O)c(CO)c2)cc1. The number of benzene rings is 2. The van der Waals surface area contributed by atoms with Crippen LogP contribution in [0.1, 0.15) is 83.9 Å². The van der Waals surface area contributed by atoms with Gasteiger partial charge >= 0.3 is 0 Å². The fourth-order valence-corrected chi connectivity index (χ4v) is 5.80. The molecule has 234 valence electrons. The minimum Gasteiger partial charge on any atom is -0.508 e. The molecule has 2 aromatic carbocycles. The lowest BCUT2D eigenvalue weighted by atomic mass is 9.99. The number of hydrogen-bond donors (Lipinski definition) is 5.